The first-order valence-electron chi connectivity index (χ1n) is 3.71. The summed E-state index contributed by atoms with van der Waals surface area (Å²) in [6.45, 7) is 3.76. The van der Waals surface area contributed by atoms with Gasteiger partial charge in [0.25, 0.3) is 0 Å². The zero-order valence-corrected chi connectivity index (χ0v) is 7.14. The molecule has 0 unspecified atom stereocenters. The predicted molar refractivity (Wildman–Crippen MR) is 49.4 cm³/mol. The monoisotopic (exact) mass is 166 g/mol. The summed E-state index contributed by atoms with van der Waals surface area (Å²) in [5, 5.41) is 0.789. The van der Waals surface area contributed by atoms with Gasteiger partial charge in [-0.15, -0.1) is 0 Å². The number of halogens is 1. The van der Waals surface area contributed by atoms with E-state index in [-0.39, 0.29) is 0 Å². The Balaban J connectivity index is 2.52. The molecule has 0 N–H and O–H groups in total. The first kappa shape index (κ1) is 8.61. The highest BCUT2D eigenvalue weighted by atomic mass is 35.5. The summed E-state index contributed by atoms with van der Waals surface area (Å²) < 4.78 is 0. The average molecular weight is 167 g/mol. The third-order valence-electron chi connectivity index (χ3n) is 1.45. The van der Waals surface area contributed by atoms with Crippen molar-refractivity contribution in [3.8, 4) is 0 Å². The van der Waals surface area contributed by atoms with E-state index >= 15 is 0 Å². The Bertz CT molecular complexity index is 201. The van der Waals surface area contributed by atoms with Crippen LogP contribution >= 0.6 is 11.6 Å². The topological polar surface area (TPSA) is 0 Å². The van der Waals surface area contributed by atoms with Crippen molar-refractivity contribution in [2.45, 2.75) is 12.8 Å². The zero-order valence-electron chi connectivity index (χ0n) is 6.39. The highest BCUT2D eigenvalue weighted by Gasteiger charge is 1.91. The second-order valence-corrected chi connectivity index (χ2v) is 2.83. The third kappa shape index (κ3) is 2.94. The quantitative estimate of drug-likeness (QED) is 0.645. The Morgan fingerprint density at radius 3 is 2.45 bits per heavy atom. The van der Waals surface area contributed by atoms with Crippen LogP contribution in [0.25, 0.3) is 0 Å². The molecule has 58 valence electrons. The van der Waals surface area contributed by atoms with E-state index in [0.717, 1.165) is 17.9 Å². The van der Waals surface area contributed by atoms with Crippen molar-refractivity contribution in [2.24, 2.45) is 0 Å². The SMILES string of the molecule is [CH2]CC[CH]c1ccc(Cl)cc1. The number of benzene rings is 1. The largest absolute Gasteiger partial charge is 0.0843 e. The van der Waals surface area contributed by atoms with Crippen LogP contribution in [0.15, 0.2) is 24.3 Å². The molecule has 1 aromatic rings. The maximum absolute atomic E-state index is 5.72. The zero-order chi connectivity index (χ0) is 8.10. The summed E-state index contributed by atoms with van der Waals surface area (Å²) in [7, 11) is 0. The molecule has 0 spiro atoms. The van der Waals surface area contributed by atoms with E-state index in [4.69, 9.17) is 11.6 Å². The maximum atomic E-state index is 5.72. The van der Waals surface area contributed by atoms with Crippen molar-refractivity contribution in [3.63, 3.8) is 0 Å². The van der Waals surface area contributed by atoms with Gasteiger partial charge in [-0.1, -0.05) is 37.1 Å². The highest BCUT2D eigenvalue weighted by molar-refractivity contribution is 6.30. The van der Waals surface area contributed by atoms with Crippen molar-refractivity contribution in [1.29, 1.82) is 0 Å². The standard InChI is InChI=1S/C10H11Cl/c1-2-3-4-9-5-7-10(11)8-6-9/h4-8H,1-3H2. The molecule has 0 bridgehead atoms. The van der Waals surface area contributed by atoms with Crippen LogP contribution in [0.5, 0.6) is 0 Å². The average Bonchev–Trinajstić information content (AvgIpc) is 2.04. The van der Waals surface area contributed by atoms with Gasteiger partial charge in [0.15, 0.2) is 0 Å². The summed E-state index contributed by atoms with van der Waals surface area (Å²) in [5.74, 6) is 0. The lowest BCUT2D eigenvalue weighted by molar-refractivity contribution is 0.988. The summed E-state index contributed by atoms with van der Waals surface area (Å²) in [4.78, 5) is 0. The Morgan fingerprint density at radius 1 is 1.27 bits per heavy atom. The van der Waals surface area contributed by atoms with Crippen LogP contribution < -0.4 is 0 Å². The molecule has 0 saturated heterocycles. The fraction of sp³-hybridized carbons (Fsp3) is 0.200. The van der Waals surface area contributed by atoms with E-state index in [9.17, 15) is 0 Å². The molecule has 0 aliphatic heterocycles. The molecule has 1 heteroatoms. The van der Waals surface area contributed by atoms with Gasteiger partial charge in [-0.25, -0.2) is 0 Å². The van der Waals surface area contributed by atoms with Gasteiger partial charge in [-0.2, -0.15) is 0 Å². The molecule has 0 amide bonds. The second kappa shape index (κ2) is 4.40. The molecule has 1 rings (SSSR count). The van der Waals surface area contributed by atoms with Crippen LogP contribution in [0.3, 0.4) is 0 Å². The lowest BCUT2D eigenvalue weighted by Gasteiger charge is -1.97. The second-order valence-electron chi connectivity index (χ2n) is 2.40. The van der Waals surface area contributed by atoms with Crippen LogP contribution in [-0.2, 0) is 0 Å². The van der Waals surface area contributed by atoms with E-state index < -0.39 is 0 Å². The summed E-state index contributed by atoms with van der Waals surface area (Å²) in [6.07, 6.45) is 4.13. The van der Waals surface area contributed by atoms with Gasteiger partial charge in [-0.3, -0.25) is 0 Å². The van der Waals surface area contributed by atoms with Crippen molar-refractivity contribution < 1.29 is 0 Å². The molecular weight excluding hydrogens is 156 g/mol. The van der Waals surface area contributed by atoms with Gasteiger partial charge in [-0.05, 0) is 30.5 Å². The molecule has 0 aliphatic rings. The number of unbranched alkanes of at least 4 members (excludes halogenated alkanes) is 1. The molecule has 0 atom stereocenters. The number of rotatable bonds is 3. The van der Waals surface area contributed by atoms with Crippen LogP contribution in [0.2, 0.25) is 5.02 Å². The van der Waals surface area contributed by atoms with Gasteiger partial charge >= 0.3 is 0 Å². The van der Waals surface area contributed by atoms with Crippen molar-refractivity contribution in [1.82, 2.24) is 0 Å². The fourth-order valence-electron chi connectivity index (χ4n) is 0.868. The molecule has 0 heterocycles. The van der Waals surface area contributed by atoms with Gasteiger partial charge < -0.3 is 0 Å². The highest BCUT2D eigenvalue weighted by Crippen LogP contribution is 2.12. The van der Waals surface area contributed by atoms with Crippen molar-refractivity contribution >= 4 is 11.6 Å². The molecular formula is C10H11Cl. The third-order valence-corrected chi connectivity index (χ3v) is 1.71. The van der Waals surface area contributed by atoms with Gasteiger partial charge in [0, 0.05) is 5.02 Å². The summed E-state index contributed by atoms with van der Waals surface area (Å²) in [5.41, 5.74) is 1.22. The van der Waals surface area contributed by atoms with E-state index in [0.29, 0.717) is 0 Å². The number of hydrogen-bond donors (Lipinski definition) is 0. The van der Waals surface area contributed by atoms with Crippen LogP contribution in [0.4, 0.5) is 0 Å². The van der Waals surface area contributed by atoms with Crippen LogP contribution in [0.1, 0.15) is 18.4 Å². The molecule has 0 saturated carbocycles. The Kier molecular flexibility index (Phi) is 3.44. The number of hydrogen-bond acceptors (Lipinski definition) is 0. The minimum atomic E-state index is 0.789. The summed E-state index contributed by atoms with van der Waals surface area (Å²) >= 11 is 5.72. The fourth-order valence-corrected chi connectivity index (χ4v) is 0.994. The van der Waals surface area contributed by atoms with Crippen LogP contribution in [0, 0.1) is 13.3 Å². The molecule has 0 fully saturated rings. The molecule has 0 aliphatic carbocycles. The van der Waals surface area contributed by atoms with Crippen molar-refractivity contribution in [2.75, 3.05) is 0 Å². The molecule has 0 nitrogen and oxygen atoms in total. The molecule has 0 aromatic heterocycles. The lowest BCUT2D eigenvalue weighted by atomic mass is 10.1. The normalized spacial score (nSPS) is 10.0. The predicted octanol–water partition coefficient (Wildman–Crippen LogP) is 3.51. The molecule has 1 aromatic carbocycles. The Hall–Kier alpha value is -0.490. The minimum Gasteiger partial charge on any atom is -0.0843 e. The van der Waals surface area contributed by atoms with E-state index in [2.05, 4.69) is 13.3 Å². The van der Waals surface area contributed by atoms with Crippen molar-refractivity contribution in [3.05, 3.63) is 48.2 Å². The van der Waals surface area contributed by atoms with Gasteiger partial charge in [0.2, 0.25) is 0 Å². The Labute approximate surface area is 73.2 Å². The van der Waals surface area contributed by atoms with Gasteiger partial charge in [0.05, 0.1) is 0 Å². The smallest absolute Gasteiger partial charge is 0.0406 e. The maximum Gasteiger partial charge on any atom is 0.0406 e. The van der Waals surface area contributed by atoms with E-state index in [1.807, 2.05) is 24.3 Å². The van der Waals surface area contributed by atoms with E-state index in [1.54, 1.807) is 0 Å². The first-order chi connectivity index (χ1) is 5.33. The lowest BCUT2D eigenvalue weighted by Crippen LogP contribution is -1.79. The molecule has 2 radical (unpaired) electrons. The van der Waals surface area contributed by atoms with E-state index in [1.165, 1.54) is 5.56 Å². The molecule has 11 heavy (non-hydrogen) atoms. The van der Waals surface area contributed by atoms with Crippen LogP contribution in [-0.4, -0.2) is 0 Å². The Morgan fingerprint density at radius 2 is 1.91 bits per heavy atom. The minimum absolute atomic E-state index is 0.789. The van der Waals surface area contributed by atoms with Gasteiger partial charge in [0.1, 0.15) is 0 Å². The first-order valence-corrected chi connectivity index (χ1v) is 4.09. The summed E-state index contributed by atoms with van der Waals surface area (Å²) in [6, 6.07) is 7.82.